The lowest BCUT2D eigenvalue weighted by atomic mass is 10.1. The number of ether oxygens (including phenoxy) is 1. The molecule has 1 aromatic carbocycles. The van der Waals surface area contributed by atoms with Crippen LogP contribution in [0.25, 0.3) is 0 Å². The highest BCUT2D eigenvalue weighted by Gasteiger charge is 2.33. The van der Waals surface area contributed by atoms with Crippen LogP contribution in [-0.2, 0) is 9.53 Å². The minimum atomic E-state index is -0.231. The molecule has 1 saturated heterocycles. The van der Waals surface area contributed by atoms with Crippen molar-refractivity contribution < 1.29 is 14.3 Å². The molecule has 0 radical (unpaired) electrons. The van der Waals surface area contributed by atoms with Gasteiger partial charge >= 0.3 is 0 Å². The Morgan fingerprint density at radius 2 is 2.16 bits per heavy atom. The van der Waals surface area contributed by atoms with Crippen molar-refractivity contribution in [1.29, 1.82) is 0 Å². The van der Waals surface area contributed by atoms with Crippen molar-refractivity contribution in [3.05, 3.63) is 23.8 Å². The number of thioether (sulfide) groups is 1. The number of anilines is 1. The fourth-order valence-electron chi connectivity index (χ4n) is 3.00. The zero-order chi connectivity index (χ0) is 17.8. The van der Waals surface area contributed by atoms with Crippen molar-refractivity contribution in [3.63, 3.8) is 0 Å². The minimum Gasteiger partial charge on any atom is -0.379 e. The van der Waals surface area contributed by atoms with Gasteiger partial charge in [0.1, 0.15) is 5.37 Å². The maximum absolute atomic E-state index is 12.5. The van der Waals surface area contributed by atoms with E-state index in [0.29, 0.717) is 18.8 Å². The van der Waals surface area contributed by atoms with Crippen molar-refractivity contribution in [2.75, 3.05) is 45.2 Å². The Morgan fingerprint density at radius 1 is 1.40 bits per heavy atom. The van der Waals surface area contributed by atoms with Gasteiger partial charge in [0.2, 0.25) is 0 Å². The molecule has 0 saturated carbocycles. The number of nitrogens with zero attached hydrogens (tertiary/aromatic N) is 2. The van der Waals surface area contributed by atoms with Crippen molar-refractivity contribution in [2.45, 2.75) is 30.0 Å². The molecule has 7 heteroatoms. The number of rotatable bonds is 5. The molecule has 2 aliphatic rings. The lowest BCUT2D eigenvalue weighted by Crippen LogP contribution is -2.48. The Balaban J connectivity index is 1.72. The molecule has 0 aromatic heterocycles. The molecule has 136 valence electrons. The van der Waals surface area contributed by atoms with E-state index in [0.717, 1.165) is 43.1 Å². The summed E-state index contributed by atoms with van der Waals surface area (Å²) in [5.41, 5.74) is 1.34. The SMILES string of the molecule is CCCCN(C)C(=O)c1ccc2c(c1)NC(=O)[C@H](N1CCOCC1)S2. The van der Waals surface area contributed by atoms with E-state index in [9.17, 15) is 9.59 Å². The van der Waals surface area contributed by atoms with Crippen LogP contribution in [0.15, 0.2) is 23.1 Å². The molecule has 2 amide bonds. The number of carbonyl (C=O) groups is 2. The summed E-state index contributed by atoms with van der Waals surface area (Å²) in [6.07, 6.45) is 2.04. The van der Waals surface area contributed by atoms with Crippen LogP contribution in [0.4, 0.5) is 5.69 Å². The summed E-state index contributed by atoms with van der Waals surface area (Å²) in [4.78, 5) is 29.9. The molecular weight excluding hydrogens is 338 g/mol. The van der Waals surface area contributed by atoms with Gasteiger partial charge in [-0.3, -0.25) is 14.5 Å². The molecule has 2 heterocycles. The number of nitrogens with one attached hydrogen (secondary N) is 1. The predicted octanol–water partition coefficient (Wildman–Crippen LogP) is 2.26. The molecular formula is C18H25N3O3S. The molecule has 6 nitrogen and oxygen atoms in total. The van der Waals surface area contributed by atoms with Gasteiger partial charge in [-0.25, -0.2) is 0 Å². The number of unbranched alkanes of at least 4 members (excludes halogenated alkanes) is 1. The number of hydrogen-bond donors (Lipinski definition) is 1. The maximum Gasteiger partial charge on any atom is 0.253 e. The van der Waals surface area contributed by atoms with Gasteiger partial charge in [-0.15, -0.1) is 0 Å². The molecule has 0 unspecified atom stereocenters. The van der Waals surface area contributed by atoms with Crippen LogP contribution in [0.5, 0.6) is 0 Å². The fourth-order valence-corrected chi connectivity index (χ4v) is 4.15. The third kappa shape index (κ3) is 4.16. The van der Waals surface area contributed by atoms with E-state index < -0.39 is 0 Å². The molecule has 3 rings (SSSR count). The smallest absolute Gasteiger partial charge is 0.253 e. The van der Waals surface area contributed by atoms with Crippen molar-refractivity contribution >= 4 is 29.3 Å². The quantitative estimate of drug-likeness (QED) is 0.869. The maximum atomic E-state index is 12.5. The lowest BCUT2D eigenvalue weighted by Gasteiger charge is -2.35. The summed E-state index contributed by atoms with van der Waals surface area (Å²) in [7, 11) is 1.82. The Kier molecular flexibility index (Phi) is 5.98. The van der Waals surface area contributed by atoms with Crippen LogP contribution in [0.1, 0.15) is 30.1 Å². The highest BCUT2D eigenvalue weighted by atomic mass is 32.2. The summed E-state index contributed by atoms with van der Waals surface area (Å²) < 4.78 is 5.36. The van der Waals surface area contributed by atoms with E-state index in [1.54, 1.807) is 22.7 Å². The molecule has 25 heavy (non-hydrogen) atoms. The van der Waals surface area contributed by atoms with Gasteiger partial charge in [-0.1, -0.05) is 25.1 Å². The van der Waals surface area contributed by atoms with Gasteiger partial charge in [0, 0.05) is 37.1 Å². The highest BCUT2D eigenvalue weighted by molar-refractivity contribution is 8.00. The number of benzene rings is 1. The molecule has 1 atom stereocenters. The van der Waals surface area contributed by atoms with Crippen molar-refractivity contribution in [3.8, 4) is 0 Å². The largest absolute Gasteiger partial charge is 0.379 e. The van der Waals surface area contributed by atoms with Crippen LogP contribution in [0.2, 0.25) is 0 Å². The second-order valence-corrected chi connectivity index (χ2v) is 7.52. The second kappa shape index (κ2) is 8.21. The lowest BCUT2D eigenvalue weighted by molar-refractivity contribution is -0.119. The van der Waals surface area contributed by atoms with Gasteiger partial charge in [-0.2, -0.15) is 0 Å². The molecule has 1 N–H and O–H groups in total. The summed E-state index contributed by atoms with van der Waals surface area (Å²) >= 11 is 1.55. The summed E-state index contributed by atoms with van der Waals surface area (Å²) in [5.74, 6) is -0.0332. The van der Waals surface area contributed by atoms with Crippen molar-refractivity contribution in [1.82, 2.24) is 9.80 Å². The number of carbonyl (C=O) groups excluding carboxylic acids is 2. The molecule has 1 aromatic rings. The predicted molar refractivity (Wildman–Crippen MR) is 99.0 cm³/mol. The first kappa shape index (κ1) is 18.2. The van der Waals surface area contributed by atoms with E-state index in [4.69, 9.17) is 4.74 Å². The third-order valence-corrected chi connectivity index (χ3v) is 5.86. The van der Waals surface area contributed by atoms with E-state index in [1.165, 1.54) is 0 Å². The van der Waals surface area contributed by atoms with Crippen LogP contribution in [-0.4, -0.2) is 66.9 Å². The van der Waals surface area contributed by atoms with Gasteiger partial charge in [-0.05, 0) is 24.6 Å². The Morgan fingerprint density at radius 3 is 2.88 bits per heavy atom. The number of hydrogen-bond acceptors (Lipinski definition) is 5. The Hall–Kier alpha value is -1.57. The topological polar surface area (TPSA) is 61.9 Å². The van der Waals surface area contributed by atoms with E-state index >= 15 is 0 Å². The molecule has 0 spiro atoms. The molecule has 0 aliphatic carbocycles. The van der Waals surface area contributed by atoms with Crippen LogP contribution < -0.4 is 5.32 Å². The number of morpholine rings is 1. The first-order chi connectivity index (χ1) is 12.1. The molecule has 2 aliphatic heterocycles. The molecule has 0 bridgehead atoms. The first-order valence-electron chi connectivity index (χ1n) is 8.79. The Bertz CT molecular complexity index is 646. The zero-order valence-corrected chi connectivity index (χ0v) is 15.6. The van der Waals surface area contributed by atoms with Gasteiger partial charge < -0.3 is 15.0 Å². The summed E-state index contributed by atoms with van der Waals surface area (Å²) in [6.45, 7) is 5.70. The minimum absolute atomic E-state index is 0.00852. The molecule has 1 fully saturated rings. The van der Waals surface area contributed by atoms with Gasteiger partial charge in [0.25, 0.3) is 11.8 Å². The van der Waals surface area contributed by atoms with Gasteiger partial charge in [0.15, 0.2) is 0 Å². The normalized spacial score (nSPS) is 20.7. The van der Waals surface area contributed by atoms with Gasteiger partial charge in [0.05, 0.1) is 18.9 Å². The monoisotopic (exact) mass is 363 g/mol. The third-order valence-electron chi connectivity index (χ3n) is 4.52. The number of fused-ring (bicyclic) bond motifs is 1. The van der Waals surface area contributed by atoms with E-state index in [1.807, 2.05) is 19.2 Å². The summed E-state index contributed by atoms with van der Waals surface area (Å²) in [5, 5.41) is 2.74. The van der Waals surface area contributed by atoms with Crippen LogP contribution in [0.3, 0.4) is 0 Å². The average molecular weight is 363 g/mol. The van der Waals surface area contributed by atoms with Crippen LogP contribution in [0, 0.1) is 0 Å². The number of amides is 2. The average Bonchev–Trinajstić information content (AvgIpc) is 2.65. The highest BCUT2D eigenvalue weighted by Crippen LogP contribution is 2.37. The zero-order valence-electron chi connectivity index (χ0n) is 14.8. The second-order valence-electron chi connectivity index (χ2n) is 6.40. The first-order valence-corrected chi connectivity index (χ1v) is 9.67. The van der Waals surface area contributed by atoms with Crippen LogP contribution >= 0.6 is 11.8 Å². The van der Waals surface area contributed by atoms with E-state index in [2.05, 4.69) is 17.1 Å². The van der Waals surface area contributed by atoms with Crippen molar-refractivity contribution in [2.24, 2.45) is 0 Å². The Labute approximate surface area is 152 Å². The standard InChI is InChI=1S/C18H25N3O3S/c1-3-4-7-20(2)17(23)13-5-6-15-14(12-13)19-16(22)18(25-15)21-8-10-24-11-9-21/h5-6,12,18H,3-4,7-11H2,1-2H3,(H,19,22)/t18-/m1/s1. The van der Waals surface area contributed by atoms with E-state index in [-0.39, 0.29) is 17.2 Å². The summed E-state index contributed by atoms with van der Waals surface area (Å²) in [6, 6.07) is 5.58. The fraction of sp³-hybridized carbons (Fsp3) is 0.556.